The quantitative estimate of drug-likeness (QED) is 0.915. The summed E-state index contributed by atoms with van der Waals surface area (Å²) in [6.07, 6.45) is 2.10. The van der Waals surface area contributed by atoms with Crippen LogP contribution in [0.15, 0.2) is 39.4 Å². The van der Waals surface area contributed by atoms with Gasteiger partial charge < -0.3 is 14.2 Å². The van der Waals surface area contributed by atoms with Crippen LogP contribution in [0.3, 0.4) is 0 Å². The van der Waals surface area contributed by atoms with Gasteiger partial charge in [-0.15, -0.1) is 0 Å². The molecule has 0 saturated heterocycles. The minimum absolute atomic E-state index is 0.00736. The van der Waals surface area contributed by atoms with Crippen LogP contribution in [0.2, 0.25) is 0 Å². The van der Waals surface area contributed by atoms with Gasteiger partial charge in [-0.3, -0.25) is 4.79 Å². The van der Waals surface area contributed by atoms with Crippen molar-refractivity contribution in [2.75, 3.05) is 0 Å². The van der Waals surface area contributed by atoms with Crippen LogP contribution < -0.4 is 5.32 Å². The monoisotopic (exact) mass is 261 g/mol. The Bertz CT molecular complexity index is 532. The van der Waals surface area contributed by atoms with E-state index in [0.29, 0.717) is 30.2 Å². The fourth-order valence-electron chi connectivity index (χ4n) is 1.75. The molecule has 1 N–H and O–H groups in total. The second-order valence-corrected chi connectivity index (χ2v) is 5.76. The molecule has 2 aromatic rings. The lowest BCUT2D eigenvalue weighted by molar-refractivity contribution is -0.123. The number of furan rings is 2. The van der Waals surface area contributed by atoms with Crippen molar-refractivity contribution in [1.29, 1.82) is 0 Å². The molecule has 2 heterocycles. The van der Waals surface area contributed by atoms with Gasteiger partial charge in [0.05, 0.1) is 12.8 Å². The van der Waals surface area contributed by atoms with Crippen LogP contribution in [0.25, 0.3) is 11.5 Å². The van der Waals surface area contributed by atoms with Crippen molar-refractivity contribution in [2.45, 2.75) is 33.7 Å². The van der Waals surface area contributed by atoms with Gasteiger partial charge in [-0.1, -0.05) is 20.8 Å². The first-order valence-electron chi connectivity index (χ1n) is 6.33. The lowest BCUT2D eigenvalue weighted by Gasteiger charge is -2.16. The molecule has 2 rings (SSSR count). The second-order valence-electron chi connectivity index (χ2n) is 5.76. The smallest absolute Gasteiger partial charge is 0.220 e. The summed E-state index contributed by atoms with van der Waals surface area (Å²) in [5.41, 5.74) is -0.00736. The van der Waals surface area contributed by atoms with Crippen LogP contribution in [-0.2, 0) is 11.3 Å². The van der Waals surface area contributed by atoms with Crippen LogP contribution in [0.1, 0.15) is 33.0 Å². The van der Waals surface area contributed by atoms with Gasteiger partial charge in [0.1, 0.15) is 5.76 Å². The number of hydrogen-bond acceptors (Lipinski definition) is 3. The predicted molar refractivity (Wildman–Crippen MR) is 72.3 cm³/mol. The highest BCUT2D eigenvalue weighted by Crippen LogP contribution is 2.22. The zero-order valence-corrected chi connectivity index (χ0v) is 11.5. The Morgan fingerprint density at radius 2 is 2.00 bits per heavy atom. The molecule has 0 spiro atoms. The summed E-state index contributed by atoms with van der Waals surface area (Å²) in [6, 6.07) is 7.32. The van der Waals surface area contributed by atoms with Crippen LogP contribution >= 0.6 is 0 Å². The average molecular weight is 261 g/mol. The Labute approximate surface area is 112 Å². The number of carbonyl (C=O) groups is 1. The van der Waals surface area contributed by atoms with Gasteiger partial charge in [0, 0.05) is 6.42 Å². The Hall–Kier alpha value is -1.97. The van der Waals surface area contributed by atoms with E-state index in [4.69, 9.17) is 8.83 Å². The third kappa shape index (κ3) is 4.02. The van der Waals surface area contributed by atoms with E-state index in [1.54, 1.807) is 6.26 Å². The molecule has 0 aromatic carbocycles. The SMILES string of the molecule is CC(C)(C)CC(=O)NCc1ccc(-c2ccco2)o1. The zero-order chi connectivity index (χ0) is 13.9. The normalized spacial score (nSPS) is 11.5. The molecular weight excluding hydrogens is 242 g/mol. The lowest BCUT2D eigenvalue weighted by Crippen LogP contribution is -2.26. The Morgan fingerprint density at radius 1 is 1.21 bits per heavy atom. The summed E-state index contributed by atoms with van der Waals surface area (Å²) in [7, 11) is 0. The van der Waals surface area contributed by atoms with Crippen molar-refractivity contribution < 1.29 is 13.6 Å². The largest absolute Gasteiger partial charge is 0.461 e. The van der Waals surface area contributed by atoms with Crippen LogP contribution in [0.5, 0.6) is 0 Å². The number of nitrogens with one attached hydrogen (secondary N) is 1. The second kappa shape index (κ2) is 5.34. The van der Waals surface area contributed by atoms with Crippen LogP contribution in [-0.4, -0.2) is 5.91 Å². The molecule has 1 amide bonds. The van der Waals surface area contributed by atoms with E-state index in [9.17, 15) is 4.79 Å². The standard InChI is InChI=1S/C15H19NO3/c1-15(2,3)9-14(17)16-10-11-6-7-13(19-11)12-5-4-8-18-12/h4-8H,9-10H2,1-3H3,(H,16,17). The molecule has 0 aliphatic heterocycles. The van der Waals surface area contributed by atoms with Gasteiger partial charge in [0.25, 0.3) is 0 Å². The van der Waals surface area contributed by atoms with Crippen LogP contribution in [0.4, 0.5) is 0 Å². The highest BCUT2D eigenvalue weighted by molar-refractivity contribution is 5.76. The minimum atomic E-state index is -0.00736. The van der Waals surface area contributed by atoms with Gasteiger partial charge in [0.15, 0.2) is 11.5 Å². The van der Waals surface area contributed by atoms with Crippen molar-refractivity contribution in [2.24, 2.45) is 5.41 Å². The summed E-state index contributed by atoms with van der Waals surface area (Å²) in [4.78, 5) is 11.7. The topological polar surface area (TPSA) is 55.4 Å². The molecule has 0 aliphatic carbocycles. The summed E-state index contributed by atoms with van der Waals surface area (Å²) in [6.45, 7) is 6.51. The van der Waals surface area contributed by atoms with Crippen LogP contribution in [0, 0.1) is 5.41 Å². The molecule has 0 saturated carbocycles. The predicted octanol–water partition coefficient (Wildman–Crippen LogP) is 3.59. The molecule has 0 bridgehead atoms. The van der Waals surface area contributed by atoms with Crippen molar-refractivity contribution in [1.82, 2.24) is 5.32 Å². The molecular formula is C15H19NO3. The maximum atomic E-state index is 11.7. The van der Waals surface area contributed by atoms with E-state index in [1.807, 2.05) is 45.0 Å². The Morgan fingerprint density at radius 3 is 2.63 bits per heavy atom. The molecule has 19 heavy (non-hydrogen) atoms. The van der Waals surface area contributed by atoms with Gasteiger partial charge in [-0.05, 0) is 29.7 Å². The molecule has 0 aliphatic rings. The van der Waals surface area contributed by atoms with Gasteiger partial charge in [-0.25, -0.2) is 0 Å². The number of amides is 1. The van der Waals surface area contributed by atoms with E-state index in [2.05, 4.69) is 5.32 Å². The highest BCUT2D eigenvalue weighted by Gasteiger charge is 2.16. The third-order valence-electron chi connectivity index (χ3n) is 2.58. The fraction of sp³-hybridized carbons (Fsp3) is 0.400. The molecule has 0 radical (unpaired) electrons. The van der Waals surface area contributed by atoms with E-state index in [0.717, 1.165) is 0 Å². The van der Waals surface area contributed by atoms with Crippen molar-refractivity contribution in [3.8, 4) is 11.5 Å². The summed E-state index contributed by atoms with van der Waals surface area (Å²) < 4.78 is 10.8. The van der Waals surface area contributed by atoms with Crippen molar-refractivity contribution in [3.63, 3.8) is 0 Å². The zero-order valence-electron chi connectivity index (χ0n) is 11.5. The summed E-state index contributed by atoms with van der Waals surface area (Å²) in [5, 5.41) is 2.85. The van der Waals surface area contributed by atoms with E-state index in [1.165, 1.54) is 0 Å². The maximum Gasteiger partial charge on any atom is 0.220 e. The molecule has 102 valence electrons. The van der Waals surface area contributed by atoms with Crippen molar-refractivity contribution >= 4 is 5.91 Å². The summed E-state index contributed by atoms with van der Waals surface area (Å²) in [5.74, 6) is 2.11. The maximum absolute atomic E-state index is 11.7. The lowest BCUT2D eigenvalue weighted by atomic mass is 9.92. The molecule has 4 heteroatoms. The fourth-order valence-corrected chi connectivity index (χ4v) is 1.75. The number of carbonyl (C=O) groups excluding carboxylic acids is 1. The Kier molecular flexibility index (Phi) is 3.79. The van der Waals surface area contributed by atoms with Crippen molar-refractivity contribution in [3.05, 3.63) is 36.3 Å². The third-order valence-corrected chi connectivity index (χ3v) is 2.58. The highest BCUT2D eigenvalue weighted by atomic mass is 16.4. The van der Waals surface area contributed by atoms with E-state index in [-0.39, 0.29) is 11.3 Å². The first-order chi connectivity index (χ1) is 8.94. The number of rotatable bonds is 4. The first kappa shape index (κ1) is 13.5. The van der Waals surface area contributed by atoms with E-state index >= 15 is 0 Å². The average Bonchev–Trinajstić information content (AvgIpc) is 2.95. The molecule has 0 unspecified atom stereocenters. The Balaban J connectivity index is 1.89. The molecule has 0 fully saturated rings. The number of hydrogen-bond donors (Lipinski definition) is 1. The van der Waals surface area contributed by atoms with E-state index < -0.39 is 0 Å². The van der Waals surface area contributed by atoms with Gasteiger partial charge in [-0.2, -0.15) is 0 Å². The first-order valence-corrected chi connectivity index (χ1v) is 6.33. The van der Waals surface area contributed by atoms with Gasteiger partial charge >= 0.3 is 0 Å². The minimum Gasteiger partial charge on any atom is -0.461 e. The van der Waals surface area contributed by atoms with Gasteiger partial charge in [0.2, 0.25) is 5.91 Å². The summed E-state index contributed by atoms with van der Waals surface area (Å²) >= 11 is 0. The molecule has 0 atom stereocenters. The molecule has 4 nitrogen and oxygen atoms in total. The molecule has 2 aromatic heterocycles.